The summed E-state index contributed by atoms with van der Waals surface area (Å²) < 4.78 is 5.44. The van der Waals surface area contributed by atoms with Gasteiger partial charge >= 0.3 is 0 Å². The second-order valence-electron chi connectivity index (χ2n) is 4.12. The molecule has 0 aliphatic carbocycles. The Morgan fingerprint density at radius 1 is 1.33 bits per heavy atom. The summed E-state index contributed by atoms with van der Waals surface area (Å²) in [5.41, 5.74) is 8.12. The predicted octanol–water partition coefficient (Wildman–Crippen LogP) is 2.94. The average Bonchev–Trinajstić information content (AvgIpc) is 2.79. The van der Waals surface area contributed by atoms with Gasteiger partial charge in [-0.25, -0.2) is 4.98 Å². The van der Waals surface area contributed by atoms with Crippen LogP contribution in [-0.2, 0) is 0 Å². The zero-order valence-corrected chi connectivity index (χ0v) is 11.5. The molecule has 1 atom stereocenters. The summed E-state index contributed by atoms with van der Waals surface area (Å²) >= 11 is 1.67. The maximum atomic E-state index is 5.88. The molecule has 1 unspecified atom stereocenters. The topological polar surface area (TPSA) is 48.1 Å². The average molecular weight is 262 g/mol. The van der Waals surface area contributed by atoms with Crippen LogP contribution in [0.3, 0.4) is 0 Å². The highest BCUT2D eigenvalue weighted by molar-refractivity contribution is 7.09. The highest BCUT2D eigenvalue weighted by Gasteiger charge is 2.15. The lowest BCUT2D eigenvalue weighted by Crippen LogP contribution is -2.13. The lowest BCUT2D eigenvalue weighted by atomic mass is 10.00. The van der Waals surface area contributed by atoms with Crippen LogP contribution in [0, 0.1) is 6.92 Å². The molecule has 2 N–H and O–H groups in total. The molecule has 0 aliphatic heterocycles. The first-order chi connectivity index (χ1) is 8.74. The molecule has 2 rings (SSSR count). The standard InChI is InChI=1S/C14H18N2OS/c1-3-17-12-6-4-11(5-7-12)13(8-15)14-16-10(2)9-18-14/h4-7,9,13H,3,8,15H2,1-2H3. The molecule has 0 fully saturated rings. The van der Waals surface area contributed by atoms with Crippen LogP contribution < -0.4 is 10.5 Å². The van der Waals surface area contributed by atoms with Crippen LogP contribution in [0.2, 0.25) is 0 Å². The first kappa shape index (κ1) is 13.1. The van der Waals surface area contributed by atoms with Crippen LogP contribution in [0.15, 0.2) is 29.6 Å². The zero-order valence-electron chi connectivity index (χ0n) is 10.7. The van der Waals surface area contributed by atoms with Crippen LogP contribution in [0.5, 0.6) is 5.75 Å². The van der Waals surface area contributed by atoms with Crippen molar-refractivity contribution in [2.24, 2.45) is 5.73 Å². The van der Waals surface area contributed by atoms with Gasteiger partial charge in [0.2, 0.25) is 0 Å². The number of ether oxygens (including phenoxy) is 1. The van der Waals surface area contributed by atoms with Crippen molar-refractivity contribution in [1.29, 1.82) is 0 Å². The Bertz CT molecular complexity index is 493. The van der Waals surface area contributed by atoms with Crippen molar-refractivity contribution in [3.63, 3.8) is 0 Å². The van der Waals surface area contributed by atoms with E-state index in [2.05, 4.69) is 22.5 Å². The minimum atomic E-state index is 0.180. The Hall–Kier alpha value is -1.39. The van der Waals surface area contributed by atoms with Gasteiger partial charge < -0.3 is 10.5 Å². The van der Waals surface area contributed by atoms with Gasteiger partial charge in [-0.1, -0.05) is 12.1 Å². The number of rotatable bonds is 5. The van der Waals surface area contributed by atoms with Crippen LogP contribution in [0.4, 0.5) is 0 Å². The van der Waals surface area contributed by atoms with Crippen LogP contribution in [-0.4, -0.2) is 18.1 Å². The summed E-state index contributed by atoms with van der Waals surface area (Å²) in [5.74, 6) is 1.08. The minimum absolute atomic E-state index is 0.180. The minimum Gasteiger partial charge on any atom is -0.494 e. The van der Waals surface area contributed by atoms with Crippen LogP contribution in [0.1, 0.15) is 29.1 Å². The predicted molar refractivity (Wildman–Crippen MR) is 75.4 cm³/mol. The molecule has 0 amide bonds. The Kier molecular flexibility index (Phi) is 4.33. The second kappa shape index (κ2) is 5.98. The normalized spacial score (nSPS) is 12.4. The molecule has 18 heavy (non-hydrogen) atoms. The van der Waals surface area contributed by atoms with E-state index in [0.717, 1.165) is 16.5 Å². The van der Waals surface area contributed by atoms with E-state index in [4.69, 9.17) is 10.5 Å². The molecule has 0 spiro atoms. The van der Waals surface area contributed by atoms with Gasteiger partial charge in [-0.3, -0.25) is 0 Å². The third-order valence-electron chi connectivity index (χ3n) is 2.76. The second-order valence-corrected chi connectivity index (χ2v) is 5.01. The number of nitrogens with two attached hydrogens (primary N) is 1. The van der Waals surface area contributed by atoms with Gasteiger partial charge in [-0.2, -0.15) is 0 Å². The van der Waals surface area contributed by atoms with Crippen molar-refractivity contribution in [1.82, 2.24) is 4.98 Å². The van der Waals surface area contributed by atoms with E-state index in [-0.39, 0.29) is 5.92 Å². The molecule has 4 heteroatoms. The van der Waals surface area contributed by atoms with Gasteiger partial charge in [0.15, 0.2) is 0 Å². The van der Waals surface area contributed by atoms with Crippen molar-refractivity contribution in [3.8, 4) is 5.75 Å². The van der Waals surface area contributed by atoms with Gasteiger partial charge in [0, 0.05) is 23.5 Å². The van der Waals surface area contributed by atoms with Crippen molar-refractivity contribution in [3.05, 3.63) is 45.9 Å². The first-order valence-electron chi connectivity index (χ1n) is 6.09. The number of hydrogen-bond acceptors (Lipinski definition) is 4. The van der Waals surface area contributed by atoms with E-state index in [0.29, 0.717) is 13.2 Å². The maximum absolute atomic E-state index is 5.88. The lowest BCUT2D eigenvalue weighted by molar-refractivity contribution is 0.340. The van der Waals surface area contributed by atoms with Gasteiger partial charge in [-0.15, -0.1) is 11.3 Å². The molecule has 3 nitrogen and oxygen atoms in total. The van der Waals surface area contributed by atoms with E-state index < -0.39 is 0 Å². The van der Waals surface area contributed by atoms with E-state index >= 15 is 0 Å². The number of nitrogens with zero attached hydrogens (tertiary/aromatic N) is 1. The van der Waals surface area contributed by atoms with E-state index in [1.54, 1.807) is 11.3 Å². The Labute approximate surface area is 112 Å². The highest BCUT2D eigenvalue weighted by atomic mass is 32.1. The SMILES string of the molecule is CCOc1ccc(C(CN)c2nc(C)cs2)cc1. The summed E-state index contributed by atoms with van der Waals surface area (Å²) in [6.07, 6.45) is 0. The van der Waals surface area contributed by atoms with Crippen molar-refractivity contribution < 1.29 is 4.74 Å². The summed E-state index contributed by atoms with van der Waals surface area (Å²) in [5, 5.41) is 3.14. The smallest absolute Gasteiger partial charge is 0.119 e. The van der Waals surface area contributed by atoms with Gasteiger partial charge in [0.25, 0.3) is 0 Å². The summed E-state index contributed by atoms with van der Waals surface area (Å²) in [6, 6.07) is 8.11. The van der Waals surface area contributed by atoms with Crippen LogP contribution in [0.25, 0.3) is 0 Å². The van der Waals surface area contributed by atoms with E-state index in [9.17, 15) is 0 Å². The van der Waals surface area contributed by atoms with Gasteiger partial charge in [0.1, 0.15) is 10.8 Å². The fourth-order valence-corrected chi connectivity index (χ4v) is 2.81. The van der Waals surface area contributed by atoms with Crippen molar-refractivity contribution in [2.75, 3.05) is 13.2 Å². The molecule has 0 aliphatic rings. The van der Waals surface area contributed by atoms with Crippen LogP contribution >= 0.6 is 11.3 Å². The molecule has 0 bridgehead atoms. The summed E-state index contributed by atoms with van der Waals surface area (Å²) in [7, 11) is 0. The van der Waals surface area contributed by atoms with E-state index in [1.807, 2.05) is 26.0 Å². The Morgan fingerprint density at radius 2 is 2.06 bits per heavy atom. The summed E-state index contributed by atoms with van der Waals surface area (Å²) in [6.45, 7) is 5.24. The third kappa shape index (κ3) is 2.89. The molecule has 0 saturated heterocycles. The molecule has 2 aromatic rings. The first-order valence-corrected chi connectivity index (χ1v) is 6.97. The fourth-order valence-electron chi connectivity index (χ4n) is 1.87. The molecule has 0 radical (unpaired) electrons. The molecule has 96 valence electrons. The fraction of sp³-hybridized carbons (Fsp3) is 0.357. The summed E-state index contributed by atoms with van der Waals surface area (Å²) in [4.78, 5) is 4.52. The van der Waals surface area contributed by atoms with E-state index in [1.165, 1.54) is 5.56 Å². The largest absolute Gasteiger partial charge is 0.494 e. The van der Waals surface area contributed by atoms with Crippen molar-refractivity contribution in [2.45, 2.75) is 19.8 Å². The zero-order chi connectivity index (χ0) is 13.0. The number of benzene rings is 1. The number of aromatic nitrogens is 1. The molecule has 1 heterocycles. The lowest BCUT2D eigenvalue weighted by Gasteiger charge is -2.13. The maximum Gasteiger partial charge on any atom is 0.119 e. The van der Waals surface area contributed by atoms with Crippen molar-refractivity contribution >= 4 is 11.3 Å². The molecule has 0 saturated carbocycles. The number of hydrogen-bond donors (Lipinski definition) is 1. The molecular formula is C14H18N2OS. The van der Waals surface area contributed by atoms with Gasteiger partial charge in [-0.05, 0) is 31.5 Å². The monoisotopic (exact) mass is 262 g/mol. The number of aryl methyl sites for hydroxylation is 1. The highest BCUT2D eigenvalue weighted by Crippen LogP contribution is 2.27. The third-order valence-corrected chi connectivity index (χ3v) is 3.84. The molecule has 1 aromatic carbocycles. The molecular weight excluding hydrogens is 244 g/mol. The quantitative estimate of drug-likeness (QED) is 0.901. The number of thiazole rings is 1. The molecule has 1 aromatic heterocycles. The van der Waals surface area contributed by atoms with Gasteiger partial charge in [0.05, 0.1) is 6.61 Å². The Balaban J connectivity index is 2.22. The Morgan fingerprint density at radius 3 is 2.56 bits per heavy atom.